The van der Waals surface area contributed by atoms with Crippen LogP contribution in [0.4, 0.5) is 10.8 Å². The third-order valence-electron chi connectivity index (χ3n) is 6.90. The van der Waals surface area contributed by atoms with Gasteiger partial charge in [0.2, 0.25) is 5.91 Å². The molecule has 1 aromatic heterocycles. The van der Waals surface area contributed by atoms with Crippen LogP contribution in [-0.2, 0) is 9.59 Å². The Bertz CT molecular complexity index is 1950. The van der Waals surface area contributed by atoms with E-state index in [-0.39, 0.29) is 11.6 Å². The van der Waals surface area contributed by atoms with E-state index in [0.717, 1.165) is 10.5 Å². The maximum Gasteiger partial charge on any atom is 0.272 e. The molecule has 5 aromatic rings. The summed E-state index contributed by atoms with van der Waals surface area (Å²) in [6, 6.07) is 28.2. The van der Waals surface area contributed by atoms with Crippen molar-refractivity contribution in [3.8, 4) is 22.8 Å². The van der Waals surface area contributed by atoms with Gasteiger partial charge in [-0.25, -0.2) is 4.98 Å². The standard InChI is InChI=1S/C36H31ClN4O5S2/c1-22(33(42)41-36-40-30(21-47-36)25-12-17-31(45-2)32(20-25)46-3)48-28-15-13-27(14-16-28)38-35(44)29(19-23-8-7-11-26(37)18-23)39-34(43)24-9-5-4-6-10-24/h4-22H,1-3H3,(H,38,44)(H,39,43)(H,40,41,42)/b29-19-. The van der Waals surface area contributed by atoms with Crippen molar-refractivity contribution in [2.45, 2.75) is 17.1 Å². The molecule has 3 N–H and O–H groups in total. The SMILES string of the molecule is COc1ccc(-c2csc(NC(=O)C(C)Sc3ccc(NC(=O)/C(=C/c4cccc(Cl)c4)NC(=O)c4ccccc4)cc3)n2)cc1OC. The van der Waals surface area contributed by atoms with Crippen molar-refractivity contribution in [1.82, 2.24) is 10.3 Å². The number of methoxy groups -OCH3 is 2. The molecule has 5 rings (SSSR count). The second-order valence-corrected chi connectivity index (χ2v) is 13.0. The minimum Gasteiger partial charge on any atom is -0.493 e. The van der Waals surface area contributed by atoms with E-state index in [1.165, 1.54) is 23.1 Å². The number of hydrogen-bond donors (Lipinski definition) is 3. The molecule has 4 aromatic carbocycles. The van der Waals surface area contributed by atoms with Crippen LogP contribution in [0.3, 0.4) is 0 Å². The number of anilines is 2. The van der Waals surface area contributed by atoms with Crippen molar-refractivity contribution in [1.29, 1.82) is 0 Å². The molecule has 0 saturated carbocycles. The lowest BCUT2D eigenvalue weighted by atomic mass is 10.1. The van der Waals surface area contributed by atoms with E-state index in [9.17, 15) is 14.4 Å². The Kier molecular flexibility index (Phi) is 11.5. The number of carbonyl (C=O) groups excluding carboxylic acids is 3. The summed E-state index contributed by atoms with van der Waals surface area (Å²) < 4.78 is 10.7. The molecule has 1 heterocycles. The van der Waals surface area contributed by atoms with Gasteiger partial charge in [-0.1, -0.05) is 41.9 Å². The fourth-order valence-electron chi connectivity index (χ4n) is 4.44. The number of carbonyl (C=O) groups is 3. The molecular formula is C36H31ClN4O5S2. The molecule has 3 amide bonds. The summed E-state index contributed by atoms with van der Waals surface area (Å²) in [7, 11) is 3.15. The number of hydrogen-bond acceptors (Lipinski definition) is 8. The van der Waals surface area contributed by atoms with Crippen molar-refractivity contribution in [3.63, 3.8) is 0 Å². The number of amides is 3. The van der Waals surface area contributed by atoms with Gasteiger partial charge in [-0.05, 0) is 85.3 Å². The van der Waals surface area contributed by atoms with Crippen LogP contribution in [0.5, 0.6) is 11.5 Å². The molecule has 0 aliphatic heterocycles. The maximum absolute atomic E-state index is 13.3. The number of aromatic nitrogens is 1. The lowest BCUT2D eigenvalue weighted by Gasteiger charge is -2.13. The summed E-state index contributed by atoms with van der Waals surface area (Å²) in [5, 5.41) is 10.9. The Morgan fingerprint density at radius 2 is 1.62 bits per heavy atom. The van der Waals surface area contributed by atoms with E-state index in [1.807, 2.05) is 35.7 Å². The fraction of sp³-hybridized carbons (Fsp3) is 0.111. The van der Waals surface area contributed by atoms with Gasteiger partial charge in [-0.2, -0.15) is 0 Å². The largest absolute Gasteiger partial charge is 0.493 e. The Hall–Kier alpha value is -5.10. The van der Waals surface area contributed by atoms with E-state index in [4.69, 9.17) is 21.1 Å². The second-order valence-electron chi connectivity index (χ2n) is 10.3. The lowest BCUT2D eigenvalue weighted by Crippen LogP contribution is -2.30. The van der Waals surface area contributed by atoms with E-state index >= 15 is 0 Å². The zero-order valence-corrected chi connectivity index (χ0v) is 28.5. The number of halogens is 1. The predicted molar refractivity (Wildman–Crippen MR) is 193 cm³/mol. The Morgan fingerprint density at radius 1 is 0.875 bits per heavy atom. The van der Waals surface area contributed by atoms with Crippen LogP contribution in [0.25, 0.3) is 17.3 Å². The van der Waals surface area contributed by atoms with Crippen LogP contribution in [0, 0.1) is 0 Å². The van der Waals surface area contributed by atoms with Gasteiger partial charge in [0, 0.05) is 32.1 Å². The van der Waals surface area contributed by atoms with Gasteiger partial charge in [0.15, 0.2) is 16.6 Å². The summed E-state index contributed by atoms with van der Waals surface area (Å²) >= 11 is 8.84. The maximum atomic E-state index is 13.3. The Morgan fingerprint density at radius 3 is 2.33 bits per heavy atom. The number of benzene rings is 4. The molecule has 0 saturated heterocycles. The van der Waals surface area contributed by atoms with Crippen LogP contribution in [0.1, 0.15) is 22.8 Å². The number of ether oxygens (including phenoxy) is 2. The number of nitrogens with zero attached hydrogens (tertiary/aromatic N) is 1. The van der Waals surface area contributed by atoms with E-state index < -0.39 is 17.1 Å². The first-order valence-corrected chi connectivity index (χ1v) is 16.8. The fourth-order valence-corrected chi connectivity index (χ4v) is 6.23. The third-order valence-corrected chi connectivity index (χ3v) is 9.00. The molecule has 1 atom stereocenters. The highest BCUT2D eigenvalue weighted by molar-refractivity contribution is 8.00. The van der Waals surface area contributed by atoms with Gasteiger partial charge < -0.3 is 25.4 Å². The van der Waals surface area contributed by atoms with Crippen molar-refractivity contribution < 1.29 is 23.9 Å². The molecule has 0 aliphatic rings. The van der Waals surface area contributed by atoms with Crippen molar-refractivity contribution in [2.75, 3.05) is 24.9 Å². The summed E-state index contributed by atoms with van der Waals surface area (Å²) in [4.78, 5) is 44.6. The van der Waals surface area contributed by atoms with Crippen molar-refractivity contribution >= 4 is 69.3 Å². The lowest BCUT2D eigenvalue weighted by molar-refractivity contribution is -0.115. The summed E-state index contributed by atoms with van der Waals surface area (Å²) in [5.74, 6) is 0.0781. The van der Waals surface area contributed by atoms with E-state index in [2.05, 4.69) is 20.9 Å². The molecule has 0 aliphatic carbocycles. The van der Waals surface area contributed by atoms with E-state index in [1.54, 1.807) is 93.9 Å². The van der Waals surface area contributed by atoms with Gasteiger partial charge >= 0.3 is 0 Å². The first kappa shape index (κ1) is 34.2. The normalized spacial score (nSPS) is 11.7. The van der Waals surface area contributed by atoms with Crippen LogP contribution < -0.4 is 25.4 Å². The molecule has 244 valence electrons. The molecule has 48 heavy (non-hydrogen) atoms. The number of thioether (sulfide) groups is 1. The van der Waals surface area contributed by atoms with Crippen molar-refractivity contribution in [2.24, 2.45) is 0 Å². The molecule has 0 bridgehead atoms. The third kappa shape index (κ3) is 9.03. The molecule has 0 fully saturated rings. The quantitative estimate of drug-likeness (QED) is 0.0892. The summed E-state index contributed by atoms with van der Waals surface area (Å²) in [6.07, 6.45) is 1.56. The minimum atomic E-state index is -0.511. The Balaban J connectivity index is 1.20. The van der Waals surface area contributed by atoms with Crippen LogP contribution >= 0.6 is 34.7 Å². The highest BCUT2D eigenvalue weighted by Gasteiger charge is 2.18. The second kappa shape index (κ2) is 16.1. The molecule has 9 nitrogen and oxygen atoms in total. The van der Waals surface area contributed by atoms with Crippen molar-refractivity contribution in [3.05, 3.63) is 124 Å². The molecule has 12 heteroatoms. The number of nitrogens with one attached hydrogen (secondary N) is 3. The minimum absolute atomic E-state index is 0.0475. The summed E-state index contributed by atoms with van der Waals surface area (Å²) in [6.45, 7) is 1.81. The highest BCUT2D eigenvalue weighted by atomic mass is 35.5. The average Bonchev–Trinajstić information content (AvgIpc) is 3.57. The molecule has 0 radical (unpaired) electrons. The first-order chi connectivity index (χ1) is 23.2. The van der Waals surface area contributed by atoms with Gasteiger partial charge in [-0.15, -0.1) is 23.1 Å². The predicted octanol–water partition coefficient (Wildman–Crippen LogP) is 8.01. The average molecular weight is 699 g/mol. The van der Waals surface area contributed by atoms with Crippen LogP contribution in [-0.4, -0.2) is 42.2 Å². The van der Waals surface area contributed by atoms with Gasteiger partial charge in [0.25, 0.3) is 11.8 Å². The van der Waals surface area contributed by atoms with E-state index in [0.29, 0.717) is 44.2 Å². The monoisotopic (exact) mass is 698 g/mol. The zero-order valence-electron chi connectivity index (χ0n) is 26.2. The Labute approximate surface area is 291 Å². The van der Waals surface area contributed by atoms with Gasteiger partial charge in [0.1, 0.15) is 5.70 Å². The van der Waals surface area contributed by atoms with Gasteiger partial charge in [-0.3, -0.25) is 14.4 Å². The number of rotatable bonds is 12. The molecule has 0 spiro atoms. The first-order valence-electron chi connectivity index (χ1n) is 14.6. The highest BCUT2D eigenvalue weighted by Crippen LogP contribution is 2.34. The topological polar surface area (TPSA) is 119 Å². The smallest absolute Gasteiger partial charge is 0.272 e. The number of thiazole rings is 1. The zero-order chi connectivity index (χ0) is 34.0. The van der Waals surface area contributed by atoms with Crippen LogP contribution in [0.15, 0.2) is 113 Å². The summed E-state index contributed by atoms with van der Waals surface area (Å²) in [5.41, 5.74) is 3.17. The molecule has 1 unspecified atom stereocenters. The molecular weight excluding hydrogens is 668 g/mol. The van der Waals surface area contributed by atoms with Crippen LogP contribution in [0.2, 0.25) is 5.02 Å². The van der Waals surface area contributed by atoms with Gasteiger partial charge in [0.05, 0.1) is 25.2 Å².